The number of aliphatic hydroxyl groups excluding tert-OH is 2. The number of benzene rings is 1. The lowest BCUT2D eigenvalue weighted by Gasteiger charge is -2.20. The van der Waals surface area contributed by atoms with Crippen LogP contribution in [0.15, 0.2) is 42.5 Å². The van der Waals surface area contributed by atoms with Gasteiger partial charge in [-0.15, -0.1) is 0 Å². The predicted octanol–water partition coefficient (Wildman–Crippen LogP) is 4.81. The van der Waals surface area contributed by atoms with Gasteiger partial charge < -0.3 is 19.7 Å². The summed E-state index contributed by atoms with van der Waals surface area (Å²) in [6.45, 7) is 11.1. The van der Waals surface area contributed by atoms with Crippen molar-refractivity contribution in [2.75, 3.05) is 26.4 Å². The summed E-state index contributed by atoms with van der Waals surface area (Å²) in [4.78, 5) is 23.4. The number of hydrogen-bond acceptors (Lipinski definition) is 6. The molecule has 6 nitrogen and oxygen atoms in total. The summed E-state index contributed by atoms with van der Waals surface area (Å²) in [6, 6.07) is 6.74. The molecular weight excluding hydrogens is 432 g/mol. The second kappa shape index (κ2) is 17.1. The number of carbonyl (C=O) groups is 2. The quantitative estimate of drug-likeness (QED) is 0.180. The van der Waals surface area contributed by atoms with Crippen LogP contribution in [0, 0.1) is 0 Å². The summed E-state index contributed by atoms with van der Waals surface area (Å²) in [5.74, 6) is -0.908. The van der Waals surface area contributed by atoms with Crippen LogP contribution in [0.4, 0.5) is 0 Å². The van der Waals surface area contributed by atoms with Crippen LogP contribution in [0.25, 0.3) is 0 Å². The lowest BCUT2D eigenvalue weighted by atomic mass is 9.87. The molecule has 0 aliphatic rings. The predicted molar refractivity (Wildman–Crippen MR) is 135 cm³/mol. The van der Waals surface area contributed by atoms with E-state index in [2.05, 4.69) is 45.2 Å². The summed E-state index contributed by atoms with van der Waals surface area (Å²) >= 11 is 0. The van der Waals surface area contributed by atoms with E-state index in [1.165, 1.54) is 36.0 Å². The van der Waals surface area contributed by atoms with E-state index >= 15 is 0 Å². The Labute approximate surface area is 204 Å². The minimum Gasteiger partial charge on any atom is -0.462 e. The number of aliphatic hydroxyl groups is 2. The number of carbonyl (C=O) groups excluding carboxylic acids is 2. The van der Waals surface area contributed by atoms with Gasteiger partial charge in [0, 0.05) is 0 Å². The molecule has 0 fully saturated rings. The maximum Gasteiger partial charge on any atom is 0.335 e. The highest BCUT2D eigenvalue weighted by Crippen LogP contribution is 2.29. The maximum absolute atomic E-state index is 11.7. The molecule has 1 rings (SSSR count). The molecule has 0 aliphatic heterocycles. The van der Waals surface area contributed by atoms with E-state index in [0.29, 0.717) is 12.8 Å². The van der Waals surface area contributed by atoms with Gasteiger partial charge in [-0.3, -0.25) is 0 Å². The second-order valence-electron chi connectivity index (χ2n) is 8.62. The topological polar surface area (TPSA) is 93.1 Å². The van der Waals surface area contributed by atoms with Gasteiger partial charge in [-0.05, 0) is 67.6 Å². The summed E-state index contributed by atoms with van der Waals surface area (Å²) in [7, 11) is 0. The molecule has 1 aromatic carbocycles. The third-order valence-electron chi connectivity index (χ3n) is 5.95. The third kappa shape index (κ3) is 10.7. The van der Waals surface area contributed by atoms with Crippen LogP contribution in [0.5, 0.6) is 0 Å². The first-order valence-electron chi connectivity index (χ1n) is 12.4. The average Bonchev–Trinajstić information content (AvgIpc) is 2.86. The van der Waals surface area contributed by atoms with Gasteiger partial charge in [0.05, 0.1) is 37.6 Å². The molecule has 2 N–H and O–H groups in total. The average molecular weight is 475 g/mol. The van der Waals surface area contributed by atoms with E-state index < -0.39 is 25.2 Å². The van der Waals surface area contributed by atoms with E-state index in [0.717, 1.165) is 25.7 Å². The largest absolute Gasteiger partial charge is 0.462 e. The Hall–Kier alpha value is -2.44. The third-order valence-corrected chi connectivity index (χ3v) is 5.95. The highest BCUT2D eigenvalue weighted by Gasteiger charge is 2.15. The van der Waals surface area contributed by atoms with E-state index in [9.17, 15) is 9.59 Å². The molecule has 6 heteroatoms. The molecule has 0 atom stereocenters. The minimum absolute atomic E-state index is 0.0501. The van der Waals surface area contributed by atoms with Gasteiger partial charge in [-0.1, -0.05) is 58.0 Å². The summed E-state index contributed by atoms with van der Waals surface area (Å²) in [6.07, 6.45) is 8.68. The summed E-state index contributed by atoms with van der Waals surface area (Å²) in [5.41, 5.74) is 4.12. The molecule has 34 heavy (non-hydrogen) atoms. The zero-order chi connectivity index (χ0) is 25.3. The standard InChI is InChI=1S/C28H42O6/c1-5-7-8-11-25-14-15-26(18-23(25)6-2)24(12-9-16-33-27(31)21(3)19-29)13-10-17-34-28(32)22(4)20-30/h14-15,18,24,29-30H,3-13,16-17,19-20H2,1-2H3. The van der Waals surface area contributed by atoms with Crippen molar-refractivity contribution in [2.45, 2.75) is 77.6 Å². The number of esters is 2. The van der Waals surface area contributed by atoms with Crippen LogP contribution in [0.1, 0.15) is 81.4 Å². The molecule has 190 valence electrons. The Balaban J connectivity index is 2.80. The van der Waals surface area contributed by atoms with Crippen molar-refractivity contribution in [3.8, 4) is 0 Å². The van der Waals surface area contributed by atoms with Gasteiger partial charge in [0.1, 0.15) is 0 Å². The van der Waals surface area contributed by atoms with Crippen molar-refractivity contribution in [2.24, 2.45) is 0 Å². The van der Waals surface area contributed by atoms with Gasteiger partial charge in [0.15, 0.2) is 0 Å². The van der Waals surface area contributed by atoms with Gasteiger partial charge in [-0.2, -0.15) is 0 Å². The van der Waals surface area contributed by atoms with Crippen LogP contribution in [0.3, 0.4) is 0 Å². The fraction of sp³-hybridized carbons (Fsp3) is 0.571. The van der Waals surface area contributed by atoms with Crippen molar-refractivity contribution >= 4 is 11.9 Å². The fourth-order valence-corrected chi connectivity index (χ4v) is 3.84. The Bertz CT molecular complexity index is 762. The number of ether oxygens (including phenoxy) is 2. The van der Waals surface area contributed by atoms with E-state index in [4.69, 9.17) is 19.7 Å². The molecule has 0 amide bonds. The maximum atomic E-state index is 11.7. The minimum atomic E-state index is -0.570. The molecule has 0 aromatic heterocycles. The Kier molecular flexibility index (Phi) is 14.9. The van der Waals surface area contributed by atoms with Gasteiger partial charge >= 0.3 is 11.9 Å². The lowest BCUT2D eigenvalue weighted by Crippen LogP contribution is -2.13. The first-order valence-corrected chi connectivity index (χ1v) is 12.4. The molecule has 0 spiro atoms. The highest BCUT2D eigenvalue weighted by atomic mass is 16.5. The SMILES string of the molecule is C=C(CO)C(=O)OCCCC(CCCOC(=O)C(=C)CO)c1ccc(CCCCC)c(CC)c1. The van der Waals surface area contributed by atoms with Crippen molar-refractivity contribution in [3.63, 3.8) is 0 Å². The van der Waals surface area contributed by atoms with Crippen LogP contribution in [-0.4, -0.2) is 48.6 Å². The van der Waals surface area contributed by atoms with Crippen molar-refractivity contribution in [1.82, 2.24) is 0 Å². The summed E-state index contributed by atoms with van der Waals surface area (Å²) in [5, 5.41) is 18.0. The molecule has 0 radical (unpaired) electrons. The van der Waals surface area contributed by atoms with Crippen LogP contribution < -0.4 is 0 Å². The lowest BCUT2D eigenvalue weighted by molar-refractivity contribution is -0.140. The Morgan fingerprint density at radius 2 is 1.41 bits per heavy atom. The molecule has 0 saturated heterocycles. The molecule has 0 aliphatic carbocycles. The zero-order valence-corrected chi connectivity index (χ0v) is 20.9. The number of unbranched alkanes of at least 4 members (excludes halogenated alkanes) is 2. The highest BCUT2D eigenvalue weighted by molar-refractivity contribution is 5.88. The molecule has 0 bridgehead atoms. The van der Waals surface area contributed by atoms with E-state index in [-0.39, 0.29) is 30.3 Å². The molecule has 0 unspecified atom stereocenters. The van der Waals surface area contributed by atoms with Crippen molar-refractivity contribution < 1.29 is 29.3 Å². The Morgan fingerprint density at radius 3 is 1.88 bits per heavy atom. The van der Waals surface area contributed by atoms with E-state index in [1.807, 2.05) is 0 Å². The zero-order valence-electron chi connectivity index (χ0n) is 20.9. The van der Waals surface area contributed by atoms with Crippen molar-refractivity contribution in [3.05, 3.63) is 59.2 Å². The molecular formula is C28H42O6. The summed E-state index contributed by atoms with van der Waals surface area (Å²) < 4.78 is 10.4. The normalized spacial score (nSPS) is 10.9. The smallest absolute Gasteiger partial charge is 0.335 e. The molecule has 1 aromatic rings. The van der Waals surface area contributed by atoms with Crippen LogP contribution in [0.2, 0.25) is 0 Å². The fourth-order valence-electron chi connectivity index (χ4n) is 3.84. The van der Waals surface area contributed by atoms with Crippen LogP contribution >= 0.6 is 0 Å². The Morgan fingerprint density at radius 1 is 0.853 bits per heavy atom. The first kappa shape index (κ1) is 29.6. The van der Waals surface area contributed by atoms with Crippen molar-refractivity contribution in [1.29, 1.82) is 0 Å². The van der Waals surface area contributed by atoms with Gasteiger partial charge in [0.2, 0.25) is 0 Å². The van der Waals surface area contributed by atoms with Gasteiger partial charge in [-0.25, -0.2) is 9.59 Å². The van der Waals surface area contributed by atoms with Crippen LogP contribution in [-0.2, 0) is 31.9 Å². The monoisotopic (exact) mass is 474 g/mol. The molecule has 0 heterocycles. The first-order chi connectivity index (χ1) is 16.4. The number of rotatable bonds is 18. The number of hydrogen-bond donors (Lipinski definition) is 2. The number of aryl methyl sites for hydroxylation is 2. The van der Waals surface area contributed by atoms with Gasteiger partial charge in [0.25, 0.3) is 0 Å². The van der Waals surface area contributed by atoms with E-state index in [1.54, 1.807) is 0 Å². The second-order valence-corrected chi connectivity index (χ2v) is 8.62. The molecule has 0 saturated carbocycles.